The van der Waals surface area contributed by atoms with Gasteiger partial charge in [0.1, 0.15) is 0 Å². The fourth-order valence-corrected chi connectivity index (χ4v) is 0.448. The second kappa shape index (κ2) is 4.12. The van der Waals surface area contributed by atoms with E-state index in [0.717, 1.165) is 0 Å². The third-order valence-corrected chi connectivity index (χ3v) is 1.01. The lowest BCUT2D eigenvalue weighted by Gasteiger charge is -2.16. The molecule has 0 aliphatic rings. The summed E-state index contributed by atoms with van der Waals surface area (Å²) in [5.41, 5.74) is 0. The van der Waals surface area contributed by atoms with Crippen LogP contribution in [0.2, 0.25) is 0 Å². The molecule has 0 aromatic heterocycles. The molecule has 0 aliphatic heterocycles. The van der Waals surface area contributed by atoms with Gasteiger partial charge in [-0.1, -0.05) is 0 Å². The molecule has 0 bridgehead atoms. The van der Waals surface area contributed by atoms with Gasteiger partial charge in [0.15, 0.2) is 0 Å². The Morgan fingerprint density at radius 3 is 1.69 bits per heavy atom. The average Bonchev–Trinajstić information content (AvgIpc) is 1.82. The van der Waals surface area contributed by atoms with Crippen LogP contribution >= 0.6 is 0 Å². The molecule has 0 aromatic carbocycles. The molecule has 0 saturated heterocycles. The third-order valence-electron chi connectivity index (χ3n) is 1.01. The predicted octanol–water partition coefficient (Wildman–Crippen LogP) is 2.04. The van der Waals surface area contributed by atoms with E-state index in [1.54, 1.807) is 0 Å². The van der Waals surface area contributed by atoms with Crippen molar-refractivity contribution in [2.24, 2.45) is 0 Å². The average molecular weight is 213 g/mol. The predicted molar refractivity (Wildman–Crippen MR) is 29.9 cm³/mol. The van der Waals surface area contributed by atoms with Crippen LogP contribution in [0.4, 0.5) is 30.7 Å². The fourth-order valence-electron chi connectivity index (χ4n) is 0.448. The molecule has 0 rings (SSSR count). The van der Waals surface area contributed by atoms with Gasteiger partial charge in [0.25, 0.3) is 0 Å². The topological polar surface area (TPSA) is 12.0 Å². The monoisotopic (exact) mass is 213 g/mol. The van der Waals surface area contributed by atoms with Crippen LogP contribution in [0.3, 0.4) is 0 Å². The molecule has 0 saturated carbocycles. The van der Waals surface area contributed by atoms with Gasteiger partial charge in [0, 0.05) is 0 Å². The van der Waals surface area contributed by atoms with Crippen molar-refractivity contribution in [3.05, 3.63) is 0 Å². The van der Waals surface area contributed by atoms with E-state index < -0.39 is 31.6 Å². The van der Waals surface area contributed by atoms with E-state index in [2.05, 4.69) is 0 Å². The lowest BCUT2D eigenvalue weighted by Crippen LogP contribution is -2.42. The SMILES string of the molecule is FC(F)C(F)(F)CNCC(F)(F)F. The van der Waals surface area contributed by atoms with E-state index in [4.69, 9.17) is 0 Å². The number of rotatable bonds is 4. The molecule has 8 heteroatoms. The number of halogens is 7. The van der Waals surface area contributed by atoms with Crippen molar-refractivity contribution in [1.29, 1.82) is 0 Å². The summed E-state index contributed by atoms with van der Waals surface area (Å²) in [5.74, 6) is -4.43. The van der Waals surface area contributed by atoms with E-state index in [9.17, 15) is 30.7 Å². The molecule has 0 atom stereocenters. The molecule has 0 spiro atoms. The zero-order valence-electron chi connectivity index (χ0n) is 6.14. The summed E-state index contributed by atoms with van der Waals surface area (Å²) in [6.07, 6.45) is -8.65. The highest BCUT2D eigenvalue weighted by Gasteiger charge is 2.41. The van der Waals surface area contributed by atoms with Crippen molar-refractivity contribution >= 4 is 0 Å². The minimum Gasteiger partial charge on any atom is -0.303 e. The quantitative estimate of drug-likeness (QED) is 0.704. The highest BCUT2D eigenvalue weighted by molar-refractivity contribution is 4.72. The van der Waals surface area contributed by atoms with Crippen molar-refractivity contribution in [3.8, 4) is 0 Å². The first-order chi connectivity index (χ1) is 5.65. The highest BCUT2D eigenvalue weighted by atomic mass is 19.4. The smallest absolute Gasteiger partial charge is 0.303 e. The van der Waals surface area contributed by atoms with E-state index in [-0.39, 0.29) is 0 Å². The maximum atomic E-state index is 11.9. The van der Waals surface area contributed by atoms with Crippen molar-refractivity contribution in [2.75, 3.05) is 13.1 Å². The number of alkyl halides is 7. The molecule has 0 radical (unpaired) electrons. The highest BCUT2D eigenvalue weighted by Crippen LogP contribution is 2.22. The zero-order chi connectivity index (χ0) is 10.7. The molecule has 0 fully saturated rings. The van der Waals surface area contributed by atoms with Crippen LogP contribution in [-0.4, -0.2) is 31.6 Å². The van der Waals surface area contributed by atoms with Crippen LogP contribution in [-0.2, 0) is 0 Å². The molecule has 0 aromatic rings. The third kappa shape index (κ3) is 5.67. The normalized spacial score (nSPS) is 13.8. The molecule has 0 unspecified atom stereocenters. The van der Waals surface area contributed by atoms with Gasteiger partial charge in [-0.3, -0.25) is 0 Å². The van der Waals surface area contributed by atoms with Gasteiger partial charge in [-0.15, -0.1) is 0 Å². The molecule has 13 heavy (non-hydrogen) atoms. The van der Waals surface area contributed by atoms with Crippen LogP contribution < -0.4 is 5.32 Å². The van der Waals surface area contributed by atoms with E-state index in [0.29, 0.717) is 0 Å². The van der Waals surface area contributed by atoms with Gasteiger partial charge in [-0.25, -0.2) is 8.78 Å². The van der Waals surface area contributed by atoms with Crippen LogP contribution in [0.1, 0.15) is 0 Å². The van der Waals surface area contributed by atoms with Gasteiger partial charge in [-0.05, 0) is 0 Å². The summed E-state index contributed by atoms with van der Waals surface area (Å²) < 4.78 is 80.6. The molecular formula is C5H6F7N. The van der Waals surface area contributed by atoms with Crippen molar-refractivity contribution in [2.45, 2.75) is 18.5 Å². The Hall–Kier alpha value is -0.530. The Balaban J connectivity index is 3.77. The van der Waals surface area contributed by atoms with Gasteiger partial charge < -0.3 is 5.32 Å². The Morgan fingerprint density at radius 2 is 1.38 bits per heavy atom. The number of nitrogens with one attached hydrogen (secondary N) is 1. The molecule has 1 N–H and O–H groups in total. The van der Waals surface area contributed by atoms with Crippen LogP contribution in [0, 0.1) is 0 Å². The second-order valence-corrected chi connectivity index (χ2v) is 2.28. The lowest BCUT2D eigenvalue weighted by atomic mass is 10.3. The first-order valence-corrected chi connectivity index (χ1v) is 3.08. The van der Waals surface area contributed by atoms with Gasteiger partial charge in [0.05, 0.1) is 13.1 Å². The largest absolute Gasteiger partial charge is 0.401 e. The first kappa shape index (κ1) is 12.5. The van der Waals surface area contributed by atoms with E-state index in [1.165, 1.54) is 5.32 Å². The number of hydrogen-bond acceptors (Lipinski definition) is 1. The summed E-state index contributed by atoms with van der Waals surface area (Å²) in [6, 6.07) is 0. The van der Waals surface area contributed by atoms with Crippen LogP contribution in [0.5, 0.6) is 0 Å². The second-order valence-electron chi connectivity index (χ2n) is 2.28. The summed E-state index contributed by atoms with van der Waals surface area (Å²) >= 11 is 0. The first-order valence-electron chi connectivity index (χ1n) is 3.08. The fraction of sp³-hybridized carbons (Fsp3) is 1.00. The number of hydrogen-bond donors (Lipinski definition) is 1. The molecular weight excluding hydrogens is 207 g/mol. The summed E-state index contributed by atoms with van der Waals surface area (Å²) in [5, 5.41) is 1.19. The van der Waals surface area contributed by atoms with E-state index in [1.807, 2.05) is 0 Å². The Bertz CT molecular complexity index is 151. The summed E-state index contributed by atoms with van der Waals surface area (Å²) in [7, 11) is 0. The lowest BCUT2D eigenvalue weighted by molar-refractivity contribution is -0.144. The molecule has 0 aliphatic carbocycles. The van der Waals surface area contributed by atoms with Crippen LogP contribution in [0.15, 0.2) is 0 Å². The Morgan fingerprint density at radius 1 is 0.923 bits per heavy atom. The maximum Gasteiger partial charge on any atom is 0.401 e. The minimum absolute atomic E-state index is 1.19. The molecule has 1 nitrogen and oxygen atoms in total. The van der Waals surface area contributed by atoms with Crippen molar-refractivity contribution in [1.82, 2.24) is 5.32 Å². The molecule has 0 amide bonds. The van der Waals surface area contributed by atoms with Crippen molar-refractivity contribution < 1.29 is 30.7 Å². The van der Waals surface area contributed by atoms with Crippen molar-refractivity contribution in [3.63, 3.8) is 0 Å². The zero-order valence-corrected chi connectivity index (χ0v) is 6.14. The summed E-state index contributed by atoms with van der Waals surface area (Å²) in [6.45, 7) is -3.40. The molecule has 0 heterocycles. The Labute approximate surface area is 68.9 Å². The maximum absolute atomic E-state index is 11.9. The van der Waals surface area contributed by atoms with Gasteiger partial charge >= 0.3 is 18.5 Å². The standard InChI is InChI=1S/C5H6F7N/c6-3(7)4(8,9)1-13-2-5(10,11)12/h3,13H,1-2H2. The van der Waals surface area contributed by atoms with Gasteiger partial charge in [-0.2, -0.15) is 22.0 Å². The Kier molecular flexibility index (Phi) is 3.95. The van der Waals surface area contributed by atoms with E-state index >= 15 is 0 Å². The van der Waals surface area contributed by atoms with Crippen LogP contribution in [0.25, 0.3) is 0 Å². The molecule has 80 valence electrons. The van der Waals surface area contributed by atoms with Gasteiger partial charge in [0.2, 0.25) is 0 Å². The minimum atomic E-state index is -4.68. The summed E-state index contributed by atoms with van der Waals surface area (Å²) in [4.78, 5) is 0.